The fourth-order valence-electron chi connectivity index (χ4n) is 1.44. The van der Waals surface area contributed by atoms with E-state index < -0.39 is 12.1 Å². The van der Waals surface area contributed by atoms with Crippen molar-refractivity contribution in [2.75, 3.05) is 12.4 Å². The van der Waals surface area contributed by atoms with Gasteiger partial charge in [-0.05, 0) is 12.1 Å². The Labute approximate surface area is 107 Å². The molecule has 0 aliphatic rings. The normalized spacial score (nSPS) is 9.95. The number of nitrogens with zero attached hydrogens (tertiary/aromatic N) is 1. The average molecular weight is 262 g/mol. The van der Waals surface area contributed by atoms with Crippen LogP contribution >= 0.6 is 0 Å². The Hall–Kier alpha value is -2.83. The number of anilines is 1. The van der Waals surface area contributed by atoms with Gasteiger partial charge in [-0.15, -0.1) is 0 Å². The minimum atomic E-state index is -1.19. The predicted molar refractivity (Wildman–Crippen MR) is 64.9 cm³/mol. The van der Waals surface area contributed by atoms with Gasteiger partial charge in [0.2, 0.25) is 5.76 Å². The second-order valence-electron chi connectivity index (χ2n) is 3.58. The van der Waals surface area contributed by atoms with E-state index >= 15 is 0 Å². The average Bonchev–Trinajstić information content (AvgIpc) is 2.88. The van der Waals surface area contributed by atoms with Crippen molar-refractivity contribution >= 4 is 17.7 Å². The number of methoxy groups -OCH3 is 1. The van der Waals surface area contributed by atoms with Gasteiger partial charge in [-0.1, -0.05) is 17.3 Å². The quantitative estimate of drug-likeness (QED) is 0.879. The molecule has 1 aromatic heterocycles. The van der Waals surface area contributed by atoms with E-state index in [0.717, 1.165) is 0 Å². The van der Waals surface area contributed by atoms with Crippen molar-refractivity contribution in [3.63, 3.8) is 0 Å². The Morgan fingerprint density at radius 2 is 2.16 bits per heavy atom. The van der Waals surface area contributed by atoms with Crippen LogP contribution in [0.3, 0.4) is 0 Å². The summed E-state index contributed by atoms with van der Waals surface area (Å²) in [6.07, 6.45) is -0.594. The first-order valence-electron chi connectivity index (χ1n) is 5.25. The fourth-order valence-corrected chi connectivity index (χ4v) is 1.44. The van der Waals surface area contributed by atoms with Gasteiger partial charge < -0.3 is 14.4 Å². The molecule has 1 heterocycles. The third kappa shape index (κ3) is 2.89. The molecule has 0 saturated carbocycles. The number of hydrogen-bond acceptors (Lipinski definition) is 5. The highest BCUT2D eigenvalue weighted by Gasteiger charge is 2.12. The van der Waals surface area contributed by atoms with E-state index in [1.54, 1.807) is 24.3 Å². The van der Waals surface area contributed by atoms with Crippen molar-refractivity contribution < 1.29 is 24.0 Å². The standard InChI is InChI=1S/C12H10N2O5/c1-18-12(17)13-8-4-2-3-7(5-8)9-6-10(11(15)16)19-14-9/h2-6H,1H3,(H,13,17)(H,15,16). The minimum absolute atomic E-state index is 0.249. The van der Waals surface area contributed by atoms with Crippen LogP contribution in [0.15, 0.2) is 34.9 Å². The van der Waals surface area contributed by atoms with Gasteiger partial charge in [0.15, 0.2) is 0 Å². The Kier molecular flexibility index (Phi) is 3.46. The van der Waals surface area contributed by atoms with Crippen molar-refractivity contribution in [1.29, 1.82) is 0 Å². The number of ether oxygens (including phenoxy) is 1. The van der Waals surface area contributed by atoms with E-state index in [1.807, 2.05) is 0 Å². The number of hydrogen-bond donors (Lipinski definition) is 2. The molecule has 1 aromatic carbocycles. The second kappa shape index (κ2) is 5.21. The van der Waals surface area contributed by atoms with E-state index in [2.05, 4.69) is 19.7 Å². The molecule has 0 unspecified atom stereocenters. The van der Waals surface area contributed by atoms with Crippen molar-refractivity contribution in [2.45, 2.75) is 0 Å². The minimum Gasteiger partial charge on any atom is -0.475 e. The summed E-state index contributed by atoms with van der Waals surface area (Å²) in [6, 6.07) is 8.00. The molecule has 2 N–H and O–H groups in total. The van der Waals surface area contributed by atoms with Crippen LogP contribution in [0.2, 0.25) is 0 Å². The smallest absolute Gasteiger partial charge is 0.411 e. The largest absolute Gasteiger partial charge is 0.475 e. The number of benzene rings is 1. The maximum Gasteiger partial charge on any atom is 0.411 e. The molecule has 0 radical (unpaired) electrons. The number of aromatic nitrogens is 1. The van der Waals surface area contributed by atoms with Crippen LogP contribution in [0, 0.1) is 0 Å². The number of nitrogens with one attached hydrogen (secondary N) is 1. The molecule has 0 aliphatic heterocycles. The molecule has 0 fully saturated rings. The van der Waals surface area contributed by atoms with Gasteiger partial charge in [0, 0.05) is 17.3 Å². The van der Waals surface area contributed by atoms with Crippen LogP contribution in [0.1, 0.15) is 10.6 Å². The number of aromatic carboxylic acids is 1. The Bertz CT molecular complexity index is 620. The lowest BCUT2D eigenvalue weighted by atomic mass is 10.1. The number of carboxylic acids is 1. The SMILES string of the molecule is COC(=O)Nc1cccc(-c2cc(C(=O)O)on2)c1. The maximum atomic E-state index is 11.1. The molecule has 0 aliphatic carbocycles. The van der Waals surface area contributed by atoms with Gasteiger partial charge in [0.25, 0.3) is 0 Å². The molecule has 7 nitrogen and oxygen atoms in total. The first-order chi connectivity index (χ1) is 9.10. The van der Waals surface area contributed by atoms with E-state index in [0.29, 0.717) is 16.9 Å². The molecule has 0 bridgehead atoms. The summed E-state index contributed by atoms with van der Waals surface area (Å²) in [5, 5.41) is 14.9. The Morgan fingerprint density at radius 3 is 2.79 bits per heavy atom. The number of carboxylic acid groups (broad SMARTS) is 1. The van der Waals surface area contributed by atoms with E-state index in [-0.39, 0.29) is 5.76 Å². The number of carbonyl (C=O) groups excluding carboxylic acids is 1. The highest BCUT2D eigenvalue weighted by Crippen LogP contribution is 2.22. The second-order valence-corrected chi connectivity index (χ2v) is 3.58. The molecular formula is C12H10N2O5. The van der Waals surface area contributed by atoms with Crippen LogP contribution in [-0.2, 0) is 4.74 Å². The zero-order valence-electron chi connectivity index (χ0n) is 9.91. The number of rotatable bonds is 3. The zero-order valence-corrected chi connectivity index (χ0v) is 9.91. The third-order valence-electron chi connectivity index (χ3n) is 2.31. The maximum absolute atomic E-state index is 11.1. The zero-order chi connectivity index (χ0) is 13.8. The van der Waals surface area contributed by atoms with Crippen molar-refractivity contribution in [3.8, 4) is 11.3 Å². The van der Waals surface area contributed by atoms with Crippen LogP contribution in [-0.4, -0.2) is 29.4 Å². The molecule has 2 aromatic rings. The van der Waals surface area contributed by atoms with Gasteiger partial charge in [-0.25, -0.2) is 9.59 Å². The predicted octanol–water partition coefficient (Wildman–Crippen LogP) is 2.22. The lowest BCUT2D eigenvalue weighted by Gasteiger charge is -2.04. The molecule has 98 valence electrons. The lowest BCUT2D eigenvalue weighted by Crippen LogP contribution is -2.10. The molecule has 2 rings (SSSR count). The summed E-state index contributed by atoms with van der Waals surface area (Å²) in [7, 11) is 1.26. The summed E-state index contributed by atoms with van der Waals surface area (Å²) in [6.45, 7) is 0. The fraction of sp³-hybridized carbons (Fsp3) is 0.0833. The Balaban J connectivity index is 2.26. The molecular weight excluding hydrogens is 252 g/mol. The Morgan fingerprint density at radius 1 is 1.37 bits per heavy atom. The molecule has 0 saturated heterocycles. The van der Waals surface area contributed by atoms with Gasteiger partial charge in [-0.2, -0.15) is 0 Å². The molecule has 1 amide bonds. The van der Waals surface area contributed by atoms with E-state index in [9.17, 15) is 9.59 Å². The van der Waals surface area contributed by atoms with Crippen LogP contribution in [0.5, 0.6) is 0 Å². The highest BCUT2D eigenvalue weighted by atomic mass is 16.5. The summed E-state index contributed by atoms with van der Waals surface area (Å²) >= 11 is 0. The third-order valence-corrected chi connectivity index (χ3v) is 2.31. The summed E-state index contributed by atoms with van der Waals surface area (Å²) in [4.78, 5) is 21.8. The molecule has 19 heavy (non-hydrogen) atoms. The number of amides is 1. The monoisotopic (exact) mass is 262 g/mol. The van der Waals surface area contributed by atoms with Gasteiger partial charge in [-0.3, -0.25) is 5.32 Å². The molecule has 7 heteroatoms. The van der Waals surface area contributed by atoms with Crippen molar-refractivity contribution in [2.24, 2.45) is 0 Å². The van der Waals surface area contributed by atoms with Crippen molar-refractivity contribution in [1.82, 2.24) is 5.16 Å². The molecule has 0 spiro atoms. The first-order valence-corrected chi connectivity index (χ1v) is 5.25. The topological polar surface area (TPSA) is 102 Å². The number of carbonyl (C=O) groups is 2. The van der Waals surface area contributed by atoms with E-state index in [4.69, 9.17) is 5.11 Å². The first kappa shape index (κ1) is 12.6. The van der Waals surface area contributed by atoms with Crippen LogP contribution in [0.25, 0.3) is 11.3 Å². The summed E-state index contributed by atoms with van der Waals surface area (Å²) < 4.78 is 9.13. The van der Waals surface area contributed by atoms with Gasteiger partial charge in [0.05, 0.1) is 7.11 Å². The van der Waals surface area contributed by atoms with Gasteiger partial charge >= 0.3 is 12.1 Å². The lowest BCUT2D eigenvalue weighted by molar-refractivity contribution is 0.0652. The van der Waals surface area contributed by atoms with E-state index in [1.165, 1.54) is 13.2 Å². The highest BCUT2D eigenvalue weighted by molar-refractivity contribution is 5.87. The summed E-state index contributed by atoms with van der Waals surface area (Å²) in [5.41, 5.74) is 1.49. The summed E-state index contributed by atoms with van der Waals surface area (Å²) in [5.74, 6) is -1.44. The van der Waals surface area contributed by atoms with Gasteiger partial charge in [0.1, 0.15) is 5.69 Å². The van der Waals surface area contributed by atoms with Crippen molar-refractivity contribution in [3.05, 3.63) is 36.1 Å². The van der Waals surface area contributed by atoms with Crippen LogP contribution in [0.4, 0.5) is 10.5 Å². The molecule has 0 atom stereocenters. The van der Waals surface area contributed by atoms with Crippen LogP contribution < -0.4 is 5.32 Å².